The zero-order valence-electron chi connectivity index (χ0n) is 24.9. The smallest absolute Gasteiger partial charge is 0.328 e. The van der Waals surface area contributed by atoms with Gasteiger partial charge in [-0.1, -0.05) is 86.6 Å². The van der Waals surface area contributed by atoms with Crippen LogP contribution < -0.4 is 15.0 Å². The maximum absolute atomic E-state index is 13.2. The fraction of sp³-hybridized carbons (Fsp3) is 0.278. The number of anilines is 2. The average Bonchev–Trinajstić information content (AvgIpc) is 3.01. The Labute approximate surface area is 249 Å². The van der Waals surface area contributed by atoms with Gasteiger partial charge in [0.1, 0.15) is 18.4 Å². The Morgan fingerprint density at radius 3 is 2.19 bits per heavy atom. The van der Waals surface area contributed by atoms with Crippen molar-refractivity contribution in [3.8, 4) is 5.75 Å². The van der Waals surface area contributed by atoms with E-state index in [0.29, 0.717) is 35.8 Å². The first-order valence-corrected chi connectivity index (χ1v) is 14.4. The van der Waals surface area contributed by atoms with Crippen molar-refractivity contribution in [2.24, 2.45) is 5.92 Å². The minimum atomic E-state index is -0.676. The number of ketones is 1. The zero-order valence-corrected chi connectivity index (χ0v) is 24.9. The van der Waals surface area contributed by atoms with E-state index in [1.165, 1.54) is 18.4 Å². The van der Waals surface area contributed by atoms with Gasteiger partial charge in [-0.3, -0.25) is 4.79 Å². The van der Waals surface area contributed by atoms with Crippen molar-refractivity contribution in [1.29, 1.82) is 0 Å². The molecule has 6 nitrogen and oxygen atoms in total. The highest BCUT2D eigenvalue weighted by Gasteiger charge is 2.22. The van der Waals surface area contributed by atoms with Gasteiger partial charge in [-0.2, -0.15) is 0 Å². The van der Waals surface area contributed by atoms with E-state index in [-0.39, 0.29) is 5.78 Å². The molecule has 0 aliphatic rings. The Hall–Kier alpha value is -4.58. The van der Waals surface area contributed by atoms with Crippen molar-refractivity contribution in [2.45, 2.75) is 33.2 Å². The summed E-state index contributed by atoms with van der Waals surface area (Å²) in [5, 5.41) is 3.26. The molecule has 0 saturated carbocycles. The van der Waals surface area contributed by atoms with Gasteiger partial charge in [-0.05, 0) is 54.3 Å². The van der Waals surface area contributed by atoms with Crippen LogP contribution in [0.25, 0.3) is 0 Å². The number of nitrogens with one attached hydrogen (secondary N) is 1. The van der Waals surface area contributed by atoms with E-state index in [1.807, 2.05) is 60.7 Å². The molecule has 1 unspecified atom stereocenters. The number of hydrogen-bond acceptors (Lipinski definition) is 6. The summed E-state index contributed by atoms with van der Waals surface area (Å²) in [6, 6.07) is 31.9. The molecule has 1 N–H and O–H groups in total. The normalized spacial score (nSPS) is 11.5. The van der Waals surface area contributed by atoms with Gasteiger partial charge < -0.3 is 19.7 Å². The monoisotopic (exact) mass is 564 g/mol. The number of rotatable bonds is 14. The first-order chi connectivity index (χ1) is 20.4. The van der Waals surface area contributed by atoms with Gasteiger partial charge in [0, 0.05) is 35.5 Å². The summed E-state index contributed by atoms with van der Waals surface area (Å²) >= 11 is 0. The maximum Gasteiger partial charge on any atom is 0.328 e. The minimum absolute atomic E-state index is 0.113. The van der Waals surface area contributed by atoms with Gasteiger partial charge in [0.25, 0.3) is 0 Å². The SMILES string of the molecule is COC(=O)C(Cc1ccc(OCCN(CC(C)C)c2ccccc2C)cc1)Nc1ccccc1C(=O)c1ccccc1. The number of para-hydroxylation sites is 2. The summed E-state index contributed by atoms with van der Waals surface area (Å²) in [5.74, 6) is 0.787. The molecule has 0 saturated heterocycles. The lowest BCUT2D eigenvalue weighted by atomic mass is 10.00. The number of methoxy groups -OCH3 is 1. The predicted octanol–water partition coefficient (Wildman–Crippen LogP) is 6.96. The van der Waals surface area contributed by atoms with Gasteiger partial charge in [-0.15, -0.1) is 0 Å². The highest BCUT2D eigenvalue weighted by molar-refractivity contribution is 6.12. The second kappa shape index (κ2) is 14.9. The quantitative estimate of drug-likeness (QED) is 0.132. The molecule has 0 heterocycles. The summed E-state index contributed by atoms with van der Waals surface area (Å²) in [6.07, 6.45) is 0.385. The van der Waals surface area contributed by atoms with E-state index in [1.54, 1.807) is 18.2 Å². The molecule has 0 fully saturated rings. The lowest BCUT2D eigenvalue weighted by Crippen LogP contribution is -2.33. The van der Waals surface area contributed by atoms with Crippen LogP contribution in [0.1, 0.15) is 40.9 Å². The van der Waals surface area contributed by atoms with Crippen LogP contribution in [0.2, 0.25) is 0 Å². The van der Waals surface area contributed by atoms with E-state index < -0.39 is 12.0 Å². The molecule has 218 valence electrons. The molecule has 0 spiro atoms. The van der Waals surface area contributed by atoms with Crippen LogP contribution >= 0.6 is 0 Å². The molecule has 0 aliphatic carbocycles. The molecule has 42 heavy (non-hydrogen) atoms. The van der Waals surface area contributed by atoms with E-state index in [4.69, 9.17) is 9.47 Å². The summed E-state index contributed by atoms with van der Waals surface area (Å²) < 4.78 is 11.2. The van der Waals surface area contributed by atoms with Crippen LogP contribution in [0.3, 0.4) is 0 Å². The second-order valence-corrected chi connectivity index (χ2v) is 10.8. The number of hydrogen-bond donors (Lipinski definition) is 1. The predicted molar refractivity (Wildman–Crippen MR) is 170 cm³/mol. The number of carbonyl (C=O) groups excluding carboxylic acids is 2. The van der Waals surface area contributed by atoms with Gasteiger partial charge in [0.2, 0.25) is 0 Å². The van der Waals surface area contributed by atoms with E-state index >= 15 is 0 Å². The van der Waals surface area contributed by atoms with Crippen molar-refractivity contribution < 1.29 is 19.1 Å². The van der Waals surface area contributed by atoms with Crippen LogP contribution in [0.5, 0.6) is 5.75 Å². The van der Waals surface area contributed by atoms with Crippen molar-refractivity contribution in [3.05, 3.63) is 125 Å². The van der Waals surface area contributed by atoms with E-state index in [2.05, 4.69) is 55.3 Å². The minimum Gasteiger partial charge on any atom is -0.492 e. The molecule has 0 radical (unpaired) electrons. The van der Waals surface area contributed by atoms with Crippen LogP contribution in [0, 0.1) is 12.8 Å². The topological polar surface area (TPSA) is 67.9 Å². The lowest BCUT2D eigenvalue weighted by Gasteiger charge is -2.28. The molecule has 4 aromatic carbocycles. The molecular weight excluding hydrogens is 524 g/mol. The highest BCUT2D eigenvalue weighted by atomic mass is 16.5. The lowest BCUT2D eigenvalue weighted by molar-refractivity contribution is -0.141. The second-order valence-electron chi connectivity index (χ2n) is 10.8. The first kappa shape index (κ1) is 30.4. The standard InChI is InChI=1S/C36H40N2O4/c1-26(2)25-38(34-17-11-8-12-27(34)3)22-23-42-30-20-18-28(19-21-30)24-33(36(40)41-4)37-32-16-10-9-15-31(32)35(39)29-13-6-5-7-14-29/h5-21,26,33,37H,22-25H2,1-4H3. The molecule has 1 atom stereocenters. The largest absolute Gasteiger partial charge is 0.492 e. The molecule has 0 aromatic heterocycles. The molecule has 0 aliphatic heterocycles. The molecule has 0 bridgehead atoms. The van der Waals surface area contributed by atoms with Crippen LogP contribution in [-0.4, -0.2) is 44.6 Å². The molecule has 4 aromatic rings. The number of ether oxygens (including phenoxy) is 2. The van der Waals surface area contributed by atoms with Crippen LogP contribution in [0.4, 0.5) is 11.4 Å². The summed E-state index contributed by atoms with van der Waals surface area (Å²) in [6.45, 7) is 8.87. The van der Waals surface area contributed by atoms with Crippen molar-refractivity contribution >= 4 is 23.1 Å². The Kier molecular flexibility index (Phi) is 10.8. The molecule has 6 heteroatoms. The van der Waals surface area contributed by atoms with E-state index in [0.717, 1.165) is 24.4 Å². The zero-order chi connectivity index (χ0) is 29.9. The fourth-order valence-electron chi connectivity index (χ4n) is 4.98. The Bertz CT molecular complexity index is 1450. The van der Waals surface area contributed by atoms with Gasteiger partial charge in [-0.25, -0.2) is 4.79 Å². The number of aryl methyl sites for hydroxylation is 1. The van der Waals surface area contributed by atoms with Gasteiger partial charge >= 0.3 is 5.97 Å². The van der Waals surface area contributed by atoms with Crippen molar-refractivity contribution in [2.75, 3.05) is 37.0 Å². The molecular formula is C36H40N2O4. The Morgan fingerprint density at radius 1 is 0.833 bits per heavy atom. The first-order valence-electron chi connectivity index (χ1n) is 14.4. The summed E-state index contributed by atoms with van der Waals surface area (Å²) in [4.78, 5) is 28.3. The van der Waals surface area contributed by atoms with Crippen molar-refractivity contribution in [3.63, 3.8) is 0 Å². The highest BCUT2D eigenvalue weighted by Crippen LogP contribution is 2.23. The van der Waals surface area contributed by atoms with Crippen LogP contribution in [0.15, 0.2) is 103 Å². The van der Waals surface area contributed by atoms with Crippen molar-refractivity contribution in [1.82, 2.24) is 0 Å². The fourth-order valence-corrected chi connectivity index (χ4v) is 4.98. The summed E-state index contributed by atoms with van der Waals surface area (Å²) in [7, 11) is 1.37. The summed E-state index contributed by atoms with van der Waals surface area (Å²) in [5.41, 5.74) is 5.10. The van der Waals surface area contributed by atoms with Gasteiger partial charge in [0.05, 0.1) is 13.7 Å². The van der Waals surface area contributed by atoms with Crippen LogP contribution in [-0.2, 0) is 16.0 Å². The number of benzene rings is 4. The maximum atomic E-state index is 13.2. The molecule has 0 amide bonds. The number of carbonyl (C=O) groups is 2. The van der Waals surface area contributed by atoms with Gasteiger partial charge in [0.15, 0.2) is 5.78 Å². The Balaban J connectivity index is 1.41. The third-order valence-corrected chi connectivity index (χ3v) is 7.06. The number of nitrogens with zero attached hydrogens (tertiary/aromatic N) is 1. The number of esters is 1. The van der Waals surface area contributed by atoms with E-state index in [9.17, 15) is 9.59 Å². The third-order valence-electron chi connectivity index (χ3n) is 7.06. The third kappa shape index (κ3) is 8.23. The average molecular weight is 565 g/mol. The molecule has 4 rings (SSSR count). The Morgan fingerprint density at radius 2 is 1.50 bits per heavy atom.